The zero-order valence-electron chi connectivity index (χ0n) is 20.0. The van der Waals surface area contributed by atoms with Crippen LogP contribution in [0.5, 0.6) is 5.88 Å². The van der Waals surface area contributed by atoms with Crippen molar-refractivity contribution in [3.05, 3.63) is 97.6 Å². The zero-order chi connectivity index (χ0) is 26.3. The Morgan fingerprint density at radius 1 is 0.658 bits per heavy atom. The van der Waals surface area contributed by atoms with Crippen molar-refractivity contribution in [3.8, 4) is 15.6 Å². The van der Waals surface area contributed by atoms with Crippen molar-refractivity contribution in [1.82, 2.24) is 9.97 Å². The van der Waals surface area contributed by atoms with E-state index in [1.54, 1.807) is 22.7 Å². The Balaban J connectivity index is 1.29. The fourth-order valence-electron chi connectivity index (χ4n) is 4.90. The number of hydrogen-bond acceptors (Lipinski definition) is 9. The number of thiazole rings is 2. The van der Waals surface area contributed by atoms with Crippen LogP contribution in [0.3, 0.4) is 0 Å². The first-order valence-electron chi connectivity index (χ1n) is 11.7. The molecule has 0 atom stereocenters. The summed E-state index contributed by atoms with van der Waals surface area (Å²) in [6.07, 6.45) is 4.00. The molecule has 184 valence electrons. The van der Waals surface area contributed by atoms with Gasteiger partial charge in [-0.25, -0.2) is 9.97 Å². The molecule has 0 amide bonds. The smallest absolute Gasteiger partial charge is 0.235 e. The molecule has 3 nitrogen and oxygen atoms in total. The van der Waals surface area contributed by atoms with Crippen LogP contribution in [-0.2, 0) is 5.60 Å². The van der Waals surface area contributed by atoms with E-state index >= 15 is 0 Å². The van der Waals surface area contributed by atoms with E-state index in [4.69, 9.17) is 63.6 Å². The fraction of sp³-hybridized carbons (Fsp3) is 0.103. The number of aromatic nitrogens is 2. The molecule has 2 aliphatic carbocycles. The minimum absolute atomic E-state index is 0.605. The Labute approximate surface area is 248 Å². The molecule has 7 rings (SSSR count). The van der Waals surface area contributed by atoms with Crippen LogP contribution in [0.1, 0.15) is 51.8 Å². The highest BCUT2D eigenvalue weighted by molar-refractivity contribution is 7.84. The van der Waals surface area contributed by atoms with Gasteiger partial charge in [0.25, 0.3) is 0 Å². The maximum atomic E-state index is 6.36. The third-order valence-corrected chi connectivity index (χ3v) is 10.6. The van der Waals surface area contributed by atoms with Crippen LogP contribution < -0.4 is 4.74 Å². The lowest BCUT2D eigenvalue weighted by Gasteiger charge is -2.28. The summed E-state index contributed by atoms with van der Waals surface area (Å²) < 4.78 is 6.36. The van der Waals surface area contributed by atoms with Crippen molar-refractivity contribution in [3.63, 3.8) is 0 Å². The van der Waals surface area contributed by atoms with Crippen molar-refractivity contribution >= 4 is 103 Å². The molecule has 2 aromatic heterocycles. The van der Waals surface area contributed by atoms with E-state index in [1.807, 2.05) is 74.5 Å². The van der Waals surface area contributed by atoms with Gasteiger partial charge in [-0.3, -0.25) is 0 Å². The normalized spacial score (nSPS) is 16.7. The monoisotopic (exact) mass is 600 g/mol. The molecule has 3 heterocycles. The first kappa shape index (κ1) is 24.4. The van der Waals surface area contributed by atoms with E-state index in [0.29, 0.717) is 5.88 Å². The quantitative estimate of drug-likeness (QED) is 0.171. The van der Waals surface area contributed by atoms with E-state index in [2.05, 4.69) is 0 Å². The second-order valence-corrected chi connectivity index (χ2v) is 13.2. The number of benzene rings is 2. The summed E-state index contributed by atoms with van der Waals surface area (Å²) in [4.78, 5) is 14.9. The van der Waals surface area contributed by atoms with Gasteiger partial charge < -0.3 is 4.74 Å². The van der Waals surface area contributed by atoms with Gasteiger partial charge in [0.2, 0.25) is 5.88 Å². The summed E-state index contributed by atoms with van der Waals surface area (Å²) >= 11 is 26.2. The molecule has 9 heteroatoms. The third kappa shape index (κ3) is 3.61. The molecular weight excluding hydrogens is 585 g/mol. The van der Waals surface area contributed by atoms with Crippen molar-refractivity contribution < 1.29 is 4.74 Å². The number of nitrogens with zero attached hydrogens (tertiary/aromatic N) is 2. The SMILES string of the molecule is CC1(C)Oc2nc(C=C3C(=S)c4ccccc4C3=S)sc2-c2sc(C=C3C(=S)c4ccccc4C3=S)nc21. The van der Waals surface area contributed by atoms with Gasteiger partial charge in [-0.05, 0) is 26.0 Å². The van der Waals surface area contributed by atoms with Crippen LogP contribution in [0, 0.1) is 0 Å². The molecule has 0 bridgehead atoms. The molecule has 3 aliphatic rings. The van der Waals surface area contributed by atoms with Gasteiger partial charge in [0.05, 0.1) is 24.3 Å². The van der Waals surface area contributed by atoms with Crippen LogP contribution in [0.15, 0.2) is 59.7 Å². The topological polar surface area (TPSA) is 35.0 Å². The summed E-state index contributed by atoms with van der Waals surface area (Å²) in [5.74, 6) is 0.605. The lowest BCUT2D eigenvalue weighted by molar-refractivity contribution is 0.0961. The first-order valence-corrected chi connectivity index (χ1v) is 15.0. The third-order valence-electron chi connectivity index (χ3n) is 6.73. The largest absolute Gasteiger partial charge is 0.464 e. The Kier molecular flexibility index (Phi) is 5.57. The fourth-order valence-corrected chi connectivity index (χ4v) is 8.61. The summed E-state index contributed by atoms with van der Waals surface area (Å²) in [7, 11) is 0. The van der Waals surface area contributed by atoms with Gasteiger partial charge in [-0.2, -0.15) is 0 Å². The predicted octanol–water partition coefficient (Wildman–Crippen LogP) is 7.96. The van der Waals surface area contributed by atoms with Crippen LogP contribution >= 0.6 is 71.5 Å². The van der Waals surface area contributed by atoms with Gasteiger partial charge >= 0.3 is 0 Å². The van der Waals surface area contributed by atoms with Crippen molar-refractivity contribution in [2.24, 2.45) is 0 Å². The molecule has 0 spiro atoms. The number of hydrogen-bond donors (Lipinski definition) is 0. The molecule has 38 heavy (non-hydrogen) atoms. The van der Waals surface area contributed by atoms with E-state index in [1.165, 1.54) is 0 Å². The highest BCUT2D eigenvalue weighted by Crippen LogP contribution is 2.51. The molecule has 4 aromatic rings. The minimum atomic E-state index is -0.637. The standard InChI is InChI=1S/C29H16N2OS6/c1-29(2)27-25(37-19(30-27)11-17-21(33)13-7-3-4-8-14(13)22(17)34)26-28(32-29)31-20(38-26)12-18-23(35)15-9-5-6-10-16(15)24(18)36/h3-12H,1-2H3. The number of allylic oxidation sites excluding steroid dienone is 2. The Morgan fingerprint density at radius 2 is 1.08 bits per heavy atom. The van der Waals surface area contributed by atoms with Crippen molar-refractivity contribution in [2.45, 2.75) is 19.4 Å². The van der Waals surface area contributed by atoms with Crippen molar-refractivity contribution in [1.29, 1.82) is 0 Å². The first-order chi connectivity index (χ1) is 18.2. The maximum Gasteiger partial charge on any atom is 0.235 e. The number of rotatable bonds is 2. The van der Waals surface area contributed by atoms with Gasteiger partial charge in [-0.1, -0.05) is 97.4 Å². The predicted molar refractivity (Wildman–Crippen MR) is 173 cm³/mol. The van der Waals surface area contributed by atoms with Crippen LogP contribution in [-0.4, -0.2) is 29.4 Å². The van der Waals surface area contributed by atoms with Crippen LogP contribution in [0.25, 0.3) is 21.9 Å². The molecule has 0 fully saturated rings. The number of thiocarbonyl (C=S) groups is 4. The van der Waals surface area contributed by atoms with Gasteiger partial charge in [0.15, 0.2) is 0 Å². The lowest BCUT2D eigenvalue weighted by Crippen LogP contribution is -2.29. The van der Waals surface area contributed by atoms with Gasteiger partial charge in [0.1, 0.15) is 26.2 Å². The van der Waals surface area contributed by atoms with Gasteiger partial charge in [-0.15, -0.1) is 22.7 Å². The zero-order valence-corrected chi connectivity index (χ0v) is 24.9. The van der Waals surface area contributed by atoms with Gasteiger partial charge in [0, 0.05) is 33.4 Å². The summed E-state index contributed by atoms with van der Waals surface area (Å²) in [5.41, 5.74) is 6.01. The molecular formula is C29H16N2OS6. The number of ether oxygens (including phenoxy) is 1. The molecule has 0 N–H and O–H groups in total. The highest BCUT2D eigenvalue weighted by atomic mass is 32.1. The van der Waals surface area contributed by atoms with Crippen LogP contribution in [0.2, 0.25) is 0 Å². The van der Waals surface area contributed by atoms with Crippen LogP contribution in [0.4, 0.5) is 0 Å². The Hall–Kier alpha value is -2.66. The lowest BCUT2D eigenvalue weighted by atomic mass is 10.0. The second-order valence-electron chi connectivity index (χ2n) is 9.55. The molecule has 0 unspecified atom stereocenters. The van der Waals surface area contributed by atoms with Crippen molar-refractivity contribution in [2.75, 3.05) is 0 Å². The Morgan fingerprint density at radius 3 is 1.55 bits per heavy atom. The average molecular weight is 601 g/mol. The maximum absolute atomic E-state index is 6.36. The highest BCUT2D eigenvalue weighted by Gasteiger charge is 2.39. The molecule has 0 saturated carbocycles. The van der Waals surface area contributed by atoms with E-state index in [-0.39, 0.29) is 0 Å². The second kappa shape index (κ2) is 8.67. The molecule has 0 saturated heterocycles. The summed E-state index contributed by atoms with van der Waals surface area (Å²) in [6, 6.07) is 16.0. The van der Waals surface area contributed by atoms with E-state index < -0.39 is 5.60 Å². The summed E-state index contributed by atoms with van der Waals surface area (Å²) in [5, 5.41) is 1.64. The Bertz CT molecular complexity index is 1780. The average Bonchev–Trinajstić information content (AvgIpc) is 3.63. The van der Waals surface area contributed by atoms with E-state index in [9.17, 15) is 0 Å². The van der Waals surface area contributed by atoms with E-state index in [0.717, 1.165) is 78.3 Å². The summed E-state index contributed by atoms with van der Waals surface area (Å²) in [6.45, 7) is 4.03. The number of fused-ring (bicyclic) bond motifs is 5. The molecule has 1 aliphatic heterocycles. The molecule has 2 aromatic carbocycles. The minimum Gasteiger partial charge on any atom is -0.464 e. The molecule has 0 radical (unpaired) electrons.